The number of anilines is 1. The van der Waals surface area contributed by atoms with Gasteiger partial charge in [-0.25, -0.2) is 9.78 Å². The van der Waals surface area contributed by atoms with Gasteiger partial charge in [0, 0.05) is 49.8 Å². The molecule has 2 amide bonds. The number of hydrogen-bond donors (Lipinski definition) is 2. The molecule has 2 N–H and O–H groups in total. The summed E-state index contributed by atoms with van der Waals surface area (Å²) in [6, 6.07) is 9.59. The molecule has 12 heteroatoms. The Kier molecular flexibility index (Phi) is 9.19. The number of aromatic nitrogens is 2. The summed E-state index contributed by atoms with van der Waals surface area (Å²) in [5, 5.41) is 8.28. The molecule has 0 radical (unpaired) electrons. The van der Waals surface area contributed by atoms with Crippen LogP contribution in [0.15, 0.2) is 53.9 Å². The van der Waals surface area contributed by atoms with Gasteiger partial charge >= 0.3 is 12.2 Å². The molecule has 9 nitrogen and oxygen atoms in total. The number of nitrogens with one attached hydrogen (secondary N) is 2. The van der Waals surface area contributed by atoms with Crippen molar-refractivity contribution < 1.29 is 27.5 Å². The van der Waals surface area contributed by atoms with E-state index in [9.17, 15) is 18.0 Å². The number of hydrogen-bond acceptors (Lipinski definition) is 6. The molecule has 2 aromatic heterocycles. The third-order valence-corrected chi connectivity index (χ3v) is 6.26. The Morgan fingerprint density at radius 2 is 2.05 bits per heavy atom. The number of amides is 2. The lowest BCUT2D eigenvalue weighted by Gasteiger charge is -2.30. The van der Waals surface area contributed by atoms with Crippen molar-refractivity contribution in [3.05, 3.63) is 54.4 Å². The molecule has 1 aromatic carbocycles. The van der Waals surface area contributed by atoms with E-state index >= 15 is 0 Å². The van der Waals surface area contributed by atoms with Crippen LogP contribution in [0.4, 0.5) is 23.7 Å². The highest BCUT2D eigenvalue weighted by Gasteiger charge is 2.27. The molecule has 0 unspecified atom stereocenters. The van der Waals surface area contributed by atoms with Crippen molar-refractivity contribution in [3.8, 4) is 11.3 Å². The summed E-state index contributed by atoms with van der Waals surface area (Å²) in [6.07, 6.45) is 4.11. The Labute approximate surface area is 218 Å². The van der Waals surface area contributed by atoms with Crippen LogP contribution in [0.1, 0.15) is 24.8 Å². The summed E-state index contributed by atoms with van der Waals surface area (Å²) < 4.78 is 44.2. The second-order valence-corrected chi connectivity index (χ2v) is 9.03. The number of carbonyl (C=O) groups is 1. The highest BCUT2D eigenvalue weighted by Crippen LogP contribution is 2.24. The van der Waals surface area contributed by atoms with Gasteiger partial charge in [0.2, 0.25) is 0 Å². The number of fused-ring (bicyclic) bond motifs is 1. The van der Waals surface area contributed by atoms with Crippen LogP contribution in [0.5, 0.6) is 0 Å². The highest BCUT2D eigenvalue weighted by molar-refractivity contribution is 5.90. The number of nitrogens with zero attached hydrogens (tertiary/aromatic N) is 4. The average Bonchev–Trinajstić information content (AvgIpc) is 3.33. The normalized spacial score (nSPS) is 15.3. The van der Waals surface area contributed by atoms with Crippen molar-refractivity contribution in [2.45, 2.75) is 31.5 Å². The molecular weight excluding hydrogens is 501 g/mol. The molecule has 0 saturated carbocycles. The van der Waals surface area contributed by atoms with E-state index in [0.29, 0.717) is 24.0 Å². The number of rotatable bonds is 10. The number of alkyl halides is 3. The average molecular weight is 533 g/mol. The second-order valence-electron chi connectivity index (χ2n) is 9.03. The lowest BCUT2D eigenvalue weighted by molar-refractivity contribution is -0.122. The van der Waals surface area contributed by atoms with Crippen molar-refractivity contribution in [1.82, 2.24) is 19.6 Å². The number of piperidine rings is 1. The first-order valence-corrected chi connectivity index (χ1v) is 12.4. The third-order valence-electron chi connectivity index (χ3n) is 6.26. The molecule has 204 valence electrons. The van der Waals surface area contributed by atoms with Crippen molar-refractivity contribution in [1.29, 1.82) is 0 Å². The minimum atomic E-state index is -4.48. The zero-order valence-corrected chi connectivity index (χ0v) is 21.1. The number of benzene rings is 1. The van der Waals surface area contributed by atoms with Gasteiger partial charge in [0.15, 0.2) is 0 Å². The fraction of sp³-hybridized carbons (Fsp3) is 0.423. The summed E-state index contributed by atoms with van der Waals surface area (Å²) in [6.45, 7) is 2.20. The summed E-state index contributed by atoms with van der Waals surface area (Å²) in [7, 11) is 1.77. The molecule has 1 fully saturated rings. The number of ether oxygens (including phenoxy) is 1. The molecule has 1 aliphatic heterocycles. The molecule has 38 heavy (non-hydrogen) atoms. The molecule has 0 atom stereocenters. The van der Waals surface area contributed by atoms with Crippen molar-refractivity contribution in [2.24, 2.45) is 5.16 Å². The fourth-order valence-electron chi connectivity index (χ4n) is 4.27. The van der Waals surface area contributed by atoms with Crippen molar-refractivity contribution >= 4 is 23.6 Å². The summed E-state index contributed by atoms with van der Waals surface area (Å²) in [4.78, 5) is 24.1. The molecule has 0 aliphatic carbocycles. The number of halogens is 3. The first-order chi connectivity index (χ1) is 18.3. The summed E-state index contributed by atoms with van der Waals surface area (Å²) in [5.41, 5.74) is 3.37. The molecule has 1 saturated heterocycles. The van der Waals surface area contributed by atoms with Crippen LogP contribution < -0.4 is 10.6 Å². The van der Waals surface area contributed by atoms with Crippen LogP contribution in [0.3, 0.4) is 0 Å². The maximum Gasteiger partial charge on any atom is 0.405 e. The van der Waals surface area contributed by atoms with Crippen LogP contribution in [-0.4, -0.2) is 78.7 Å². The zero-order valence-electron chi connectivity index (χ0n) is 21.1. The molecule has 0 spiro atoms. The topological polar surface area (TPSA) is 92.5 Å². The van der Waals surface area contributed by atoms with Gasteiger partial charge in [0.1, 0.15) is 18.8 Å². The van der Waals surface area contributed by atoms with Gasteiger partial charge < -0.3 is 25.1 Å². The van der Waals surface area contributed by atoms with Gasteiger partial charge in [0.05, 0.1) is 24.2 Å². The zero-order chi connectivity index (χ0) is 27.0. The number of pyridine rings is 1. The molecule has 0 bridgehead atoms. The van der Waals surface area contributed by atoms with Crippen LogP contribution in [0.25, 0.3) is 16.9 Å². The Morgan fingerprint density at radius 3 is 2.82 bits per heavy atom. The largest absolute Gasteiger partial charge is 0.405 e. The maximum atomic E-state index is 12.3. The van der Waals surface area contributed by atoms with E-state index < -0.39 is 18.8 Å². The smallest absolute Gasteiger partial charge is 0.396 e. The van der Waals surface area contributed by atoms with E-state index in [1.54, 1.807) is 43.0 Å². The first kappa shape index (κ1) is 27.4. The van der Waals surface area contributed by atoms with E-state index in [1.807, 2.05) is 28.8 Å². The van der Waals surface area contributed by atoms with Gasteiger partial charge in [0.25, 0.3) is 0 Å². The maximum absolute atomic E-state index is 12.3. The van der Waals surface area contributed by atoms with Gasteiger partial charge in [-0.05, 0) is 43.5 Å². The van der Waals surface area contributed by atoms with Gasteiger partial charge in [-0.2, -0.15) is 13.2 Å². The predicted octanol–water partition coefficient (Wildman–Crippen LogP) is 4.54. The van der Waals surface area contributed by atoms with Crippen LogP contribution in [0.2, 0.25) is 0 Å². The van der Waals surface area contributed by atoms with Crippen molar-refractivity contribution in [3.63, 3.8) is 0 Å². The third kappa shape index (κ3) is 7.93. The highest BCUT2D eigenvalue weighted by atomic mass is 19.4. The molecule has 1 aliphatic rings. The Bertz CT molecular complexity index is 1240. The van der Waals surface area contributed by atoms with Crippen molar-refractivity contribution in [2.75, 3.05) is 45.2 Å². The monoisotopic (exact) mass is 532 g/mol. The quantitative estimate of drug-likeness (QED) is 0.227. The second kappa shape index (κ2) is 12.7. The van der Waals surface area contributed by atoms with Gasteiger partial charge in [-0.3, -0.25) is 4.40 Å². The Morgan fingerprint density at radius 1 is 1.24 bits per heavy atom. The Hall–Kier alpha value is -3.64. The summed E-state index contributed by atoms with van der Waals surface area (Å²) in [5.74, 6) is 0. The molecule has 3 aromatic rings. The first-order valence-electron chi connectivity index (χ1n) is 12.4. The number of likely N-dealkylation sites (tertiary alicyclic amines) is 1. The SMILES string of the molecule is COC1CCN(CCCO/N=C/c2ccn3c(-c4cccc(NC(=O)NCC(F)(F)F)c4)cnc3c2)CC1. The number of urea groups is 1. The molecular formula is C26H31F3N6O3. The number of oxime groups is 1. The van der Waals surface area contributed by atoms with E-state index in [-0.39, 0.29) is 0 Å². The minimum absolute atomic E-state index is 0.359. The standard InChI is InChI=1S/C26H31F3N6O3/c1-37-22-7-10-34(11-8-22)9-3-13-38-32-16-19-6-12-35-23(17-30-24(35)14-19)20-4-2-5-21(15-20)33-25(36)31-18-26(27,28)29/h2,4-6,12,14-17,22H,3,7-11,13,18H2,1H3,(H2,31,33,36)/b32-16+. The van der Waals surface area contributed by atoms with E-state index in [2.05, 4.69) is 20.4 Å². The lowest BCUT2D eigenvalue weighted by Crippen LogP contribution is -2.37. The minimum Gasteiger partial charge on any atom is -0.396 e. The van der Waals surface area contributed by atoms with Crippen LogP contribution in [0, 0.1) is 0 Å². The fourth-order valence-corrected chi connectivity index (χ4v) is 4.27. The van der Waals surface area contributed by atoms with Crippen LogP contribution >= 0.6 is 0 Å². The van der Waals surface area contributed by atoms with Gasteiger partial charge in [-0.1, -0.05) is 17.3 Å². The molecule has 4 rings (SSSR count). The number of imidazole rings is 1. The van der Waals surface area contributed by atoms with E-state index in [4.69, 9.17) is 9.57 Å². The lowest BCUT2D eigenvalue weighted by atomic mass is 10.1. The van der Waals surface area contributed by atoms with Gasteiger partial charge in [-0.15, -0.1) is 0 Å². The molecule has 3 heterocycles. The number of carbonyl (C=O) groups excluding carboxylic acids is 1. The van der Waals surface area contributed by atoms with E-state index in [1.165, 1.54) is 0 Å². The summed E-state index contributed by atoms with van der Waals surface area (Å²) >= 11 is 0. The van der Waals surface area contributed by atoms with Crippen LogP contribution in [-0.2, 0) is 9.57 Å². The number of methoxy groups -OCH3 is 1. The Balaban J connectivity index is 1.29. The van der Waals surface area contributed by atoms with E-state index in [0.717, 1.165) is 55.7 Å². The predicted molar refractivity (Wildman–Crippen MR) is 138 cm³/mol.